The highest BCUT2D eigenvalue weighted by Gasteiger charge is 2.13. The van der Waals surface area contributed by atoms with Gasteiger partial charge in [-0.1, -0.05) is 11.6 Å². The lowest BCUT2D eigenvalue weighted by atomic mass is 10.3. The molecule has 3 N–H and O–H groups in total. The van der Waals surface area contributed by atoms with E-state index in [1.165, 1.54) is 6.33 Å². The number of aromatic nitrogens is 2. The molecule has 8 heteroatoms. The summed E-state index contributed by atoms with van der Waals surface area (Å²) < 4.78 is 26.7. The van der Waals surface area contributed by atoms with Crippen LogP contribution in [0.4, 0.5) is 26.1 Å². The molecule has 2 rings (SSSR count). The molecule has 18 heavy (non-hydrogen) atoms. The highest BCUT2D eigenvalue weighted by atomic mass is 79.9. The SMILES string of the molecule is Nc1ncnc(Nc2c(F)cc(F)cc2Br)c1Cl. The number of nitrogen functional groups attached to an aromatic ring is 1. The summed E-state index contributed by atoms with van der Waals surface area (Å²) in [5.41, 5.74) is 5.50. The lowest BCUT2D eigenvalue weighted by Crippen LogP contribution is -2.02. The zero-order valence-electron chi connectivity index (χ0n) is 8.72. The van der Waals surface area contributed by atoms with Crippen LogP contribution in [0.25, 0.3) is 0 Å². The Morgan fingerprint density at radius 3 is 2.67 bits per heavy atom. The first-order valence-corrected chi connectivity index (χ1v) is 5.83. The minimum Gasteiger partial charge on any atom is -0.382 e. The number of hydrogen-bond acceptors (Lipinski definition) is 4. The van der Waals surface area contributed by atoms with Crippen LogP contribution in [0.1, 0.15) is 0 Å². The normalized spacial score (nSPS) is 10.4. The molecule has 0 saturated carbocycles. The first-order valence-electron chi connectivity index (χ1n) is 4.66. The van der Waals surface area contributed by atoms with Crippen LogP contribution < -0.4 is 11.1 Å². The average Bonchev–Trinajstić information content (AvgIpc) is 2.28. The van der Waals surface area contributed by atoms with E-state index in [0.717, 1.165) is 12.1 Å². The second-order valence-corrected chi connectivity index (χ2v) is 4.52. The molecule has 0 spiro atoms. The molecule has 94 valence electrons. The van der Waals surface area contributed by atoms with Crippen LogP contribution in [0.3, 0.4) is 0 Å². The summed E-state index contributed by atoms with van der Waals surface area (Å²) in [5.74, 6) is -1.28. The maximum atomic E-state index is 13.6. The van der Waals surface area contributed by atoms with Crippen LogP contribution >= 0.6 is 27.5 Å². The number of hydrogen-bond donors (Lipinski definition) is 2. The van der Waals surface area contributed by atoms with E-state index >= 15 is 0 Å². The fraction of sp³-hybridized carbons (Fsp3) is 0. The van der Waals surface area contributed by atoms with Crippen molar-refractivity contribution in [1.29, 1.82) is 0 Å². The number of nitrogens with one attached hydrogen (secondary N) is 1. The van der Waals surface area contributed by atoms with Gasteiger partial charge in [-0.25, -0.2) is 18.7 Å². The Balaban J connectivity index is 2.43. The molecular formula is C10H6BrClF2N4. The van der Waals surface area contributed by atoms with E-state index in [4.69, 9.17) is 17.3 Å². The van der Waals surface area contributed by atoms with Gasteiger partial charge in [0.05, 0.1) is 5.69 Å². The molecule has 0 unspecified atom stereocenters. The Morgan fingerprint density at radius 1 is 1.28 bits per heavy atom. The van der Waals surface area contributed by atoms with Crippen LogP contribution in [0.5, 0.6) is 0 Å². The van der Waals surface area contributed by atoms with Crippen molar-refractivity contribution in [3.8, 4) is 0 Å². The van der Waals surface area contributed by atoms with Gasteiger partial charge >= 0.3 is 0 Å². The third kappa shape index (κ3) is 2.51. The van der Waals surface area contributed by atoms with Crippen molar-refractivity contribution in [3.63, 3.8) is 0 Å². The van der Waals surface area contributed by atoms with Gasteiger partial charge in [-0.3, -0.25) is 0 Å². The summed E-state index contributed by atoms with van der Waals surface area (Å²) in [7, 11) is 0. The molecule has 2 aromatic rings. The van der Waals surface area contributed by atoms with Crippen molar-refractivity contribution >= 4 is 44.9 Å². The highest BCUT2D eigenvalue weighted by molar-refractivity contribution is 9.10. The summed E-state index contributed by atoms with van der Waals surface area (Å²) in [6.45, 7) is 0. The van der Waals surface area contributed by atoms with Gasteiger partial charge in [0.2, 0.25) is 0 Å². The smallest absolute Gasteiger partial charge is 0.154 e. The quantitative estimate of drug-likeness (QED) is 0.882. The van der Waals surface area contributed by atoms with Crippen molar-refractivity contribution in [2.45, 2.75) is 0 Å². The molecule has 0 bridgehead atoms. The predicted molar refractivity (Wildman–Crippen MR) is 68.8 cm³/mol. The van der Waals surface area contributed by atoms with Gasteiger partial charge in [0.15, 0.2) is 11.6 Å². The number of halogens is 4. The third-order valence-electron chi connectivity index (χ3n) is 2.07. The molecule has 0 aliphatic heterocycles. The Labute approximate surface area is 114 Å². The van der Waals surface area contributed by atoms with Crippen molar-refractivity contribution in [2.75, 3.05) is 11.1 Å². The van der Waals surface area contributed by atoms with Gasteiger partial charge in [-0.2, -0.15) is 0 Å². The monoisotopic (exact) mass is 334 g/mol. The van der Waals surface area contributed by atoms with Gasteiger partial charge in [0.25, 0.3) is 0 Å². The van der Waals surface area contributed by atoms with Gasteiger partial charge in [0.1, 0.15) is 23.0 Å². The van der Waals surface area contributed by atoms with Crippen molar-refractivity contribution in [2.24, 2.45) is 0 Å². The second-order valence-electron chi connectivity index (χ2n) is 3.29. The Hall–Kier alpha value is -1.47. The number of benzene rings is 1. The van der Waals surface area contributed by atoms with Crippen LogP contribution in [-0.2, 0) is 0 Å². The van der Waals surface area contributed by atoms with E-state index in [0.29, 0.717) is 0 Å². The molecule has 0 amide bonds. The van der Waals surface area contributed by atoms with Crippen LogP contribution in [0, 0.1) is 11.6 Å². The summed E-state index contributed by atoms with van der Waals surface area (Å²) in [4.78, 5) is 7.49. The lowest BCUT2D eigenvalue weighted by molar-refractivity contribution is 0.584. The van der Waals surface area contributed by atoms with Gasteiger partial charge in [-0.15, -0.1) is 0 Å². The van der Waals surface area contributed by atoms with E-state index in [-0.39, 0.29) is 26.8 Å². The summed E-state index contributed by atoms with van der Waals surface area (Å²) in [5, 5.41) is 2.69. The highest BCUT2D eigenvalue weighted by Crippen LogP contribution is 2.32. The molecule has 0 fully saturated rings. The van der Waals surface area contributed by atoms with E-state index in [1.54, 1.807) is 0 Å². The first kappa shape index (κ1) is 13.0. The van der Waals surface area contributed by atoms with Crippen molar-refractivity contribution in [3.05, 3.63) is 39.6 Å². The minimum atomic E-state index is -0.782. The number of nitrogens with two attached hydrogens (primary N) is 1. The number of nitrogens with zero attached hydrogens (tertiary/aromatic N) is 2. The summed E-state index contributed by atoms with van der Waals surface area (Å²) in [6.07, 6.45) is 1.18. The second kappa shape index (κ2) is 5.03. The summed E-state index contributed by atoms with van der Waals surface area (Å²) >= 11 is 8.89. The summed E-state index contributed by atoms with van der Waals surface area (Å²) in [6, 6.07) is 1.86. The minimum absolute atomic E-state index is 0.0106. The Kier molecular flexibility index (Phi) is 3.63. The number of anilines is 3. The van der Waals surface area contributed by atoms with E-state index in [2.05, 4.69) is 31.2 Å². The zero-order chi connectivity index (χ0) is 13.3. The van der Waals surface area contributed by atoms with Crippen molar-refractivity contribution in [1.82, 2.24) is 9.97 Å². The largest absolute Gasteiger partial charge is 0.382 e. The maximum absolute atomic E-state index is 13.6. The van der Waals surface area contributed by atoms with Crippen LogP contribution in [-0.4, -0.2) is 9.97 Å². The molecule has 4 nitrogen and oxygen atoms in total. The zero-order valence-corrected chi connectivity index (χ0v) is 11.1. The molecule has 0 aliphatic carbocycles. The molecule has 0 saturated heterocycles. The van der Waals surface area contributed by atoms with Gasteiger partial charge < -0.3 is 11.1 Å². The molecule has 1 heterocycles. The molecule has 0 aliphatic rings. The van der Waals surface area contributed by atoms with Gasteiger partial charge in [0, 0.05) is 10.5 Å². The third-order valence-corrected chi connectivity index (χ3v) is 3.06. The topological polar surface area (TPSA) is 63.8 Å². The standard InChI is InChI=1S/C10H6BrClF2N4/c11-5-1-4(13)2-6(14)8(5)18-10-7(12)9(15)16-3-17-10/h1-3H,(H3,15,16,17,18). The van der Waals surface area contributed by atoms with E-state index in [9.17, 15) is 8.78 Å². The van der Waals surface area contributed by atoms with E-state index in [1.807, 2.05) is 0 Å². The molecule has 0 radical (unpaired) electrons. The molecule has 1 aromatic heterocycles. The Bertz CT molecular complexity index is 585. The van der Waals surface area contributed by atoms with Gasteiger partial charge in [-0.05, 0) is 22.0 Å². The van der Waals surface area contributed by atoms with Crippen molar-refractivity contribution < 1.29 is 8.78 Å². The first-order chi connectivity index (χ1) is 8.49. The van der Waals surface area contributed by atoms with Crippen LogP contribution in [0.15, 0.2) is 22.9 Å². The Morgan fingerprint density at radius 2 is 2.00 bits per heavy atom. The lowest BCUT2D eigenvalue weighted by Gasteiger charge is -2.10. The predicted octanol–water partition coefficient (Wildman–Crippen LogP) is 3.50. The molecule has 0 atom stereocenters. The average molecular weight is 336 g/mol. The maximum Gasteiger partial charge on any atom is 0.154 e. The number of rotatable bonds is 2. The fourth-order valence-corrected chi connectivity index (χ4v) is 1.90. The molecular weight excluding hydrogens is 329 g/mol. The van der Waals surface area contributed by atoms with E-state index < -0.39 is 11.6 Å². The fourth-order valence-electron chi connectivity index (χ4n) is 1.25. The van der Waals surface area contributed by atoms with Crippen LogP contribution in [0.2, 0.25) is 5.02 Å². The molecule has 1 aromatic carbocycles.